The fraction of sp³-hybridized carbons (Fsp3) is 0.273. The Hall–Kier alpha value is -2.76. The van der Waals surface area contributed by atoms with Gasteiger partial charge in [0.2, 0.25) is 11.6 Å². The molecule has 3 aromatic rings. The predicted molar refractivity (Wildman–Crippen MR) is 103 cm³/mol. The number of likely N-dealkylation sites (N-methyl/N-ethyl adjacent to an activating group) is 1. The van der Waals surface area contributed by atoms with Crippen molar-refractivity contribution in [2.75, 3.05) is 20.2 Å². The van der Waals surface area contributed by atoms with Crippen LogP contribution in [-0.4, -0.2) is 41.8 Å². The first-order chi connectivity index (χ1) is 12.9. The lowest BCUT2D eigenvalue weighted by Crippen LogP contribution is -2.22. The Morgan fingerprint density at radius 2 is 1.74 bits per heavy atom. The molecule has 4 rings (SSSR count). The zero-order valence-electron chi connectivity index (χ0n) is 15.6. The number of nitrogens with zero attached hydrogens (tertiary/aromatic N) is 1. The Labute approximate surface area is 157 Å². The standard InChI is InChI=1S/C22H21NO4/c1-12-5-4-6-15-14(12)7-8-16-19(15)21(26)20(25)18-13(2)17(27-22(16)18)11-23(3)9-10-24/h4-8,24H,9-11H2,1-3H3. The van der Waals surface area contributed by atoms with Gasteiger partial charge >= 0.3 is 0 Å². The van der Waals surface area contributed by atoms with Gasteiger partial charge in [0.05, 0.1) is 18.7 Å². The average molecular weight is 363 g/mol. The summed E-state index contributed by atoms with van der Waals surface area (Å²) in [4.78, 5) is 27.8. The Bertz CT molecular complexity index is 1090. The molecule has 1 aliphatic rings. The van der Waals surface area contributed by atoms with Crippen molar-refractivity contribution in [2.45, 2.75) is 20.4 Å². The summed E-state index contributed by atoms with van der Waals surface area (Å²) >= 11 is 0. The molecule has 0 amide bonds. The number of rotatable bonds is 4. The largest absolute Gasteiger partial charge is 0.459 e. The van der Waals surface area contributed by atoms with Gasteiger partial charge in [-0.1, -0.05) is 24.3 Å². The SMILES string of the molecule is Cc1c(CN(C)CCO)oc2c1C(=O)C(=O)c1c-2ccc2c(C)cccc12. The molecule has 0 saturated heterocycles. The van der Waals surface area contributed by atoms with Crippen LogP contribution in [0.4, 0.5) is 0 Å². The molecule has 138 valence electrons. The first-order valence-electron chi connectivity index (χ1n) is 8.97. The van der Waals surface area contributed by atoms with E-state index in [1.54, 1.807) is 0 Å². The molecular formula is C22H21NO4. The van der Waals surface area contributed by atoms with Gasteiger partial charge in [-0.25, -0.2) is 0 Å². The monoisotopic (exact) mass is 363 g/mol. The van der Waals surface area contributed by atoms with Crippen LogP contribution in [0.2, 0.25) is 0 Å². The second kappa shape index (κ2) is 6.44. The smallest absolute Gasteiger partial charge is 0.237 e. The third kappa shape index (κ3) is 2.62. The summed E-state index contributed by atoms with van der Waals surface area (Å²) in [6, 6.07) is 9.61. The number of Topliss-reactive ketones (excluding diaryl/α,β-unsaturated/α-hetero) is 2. The molecule has 5 nitrogen and oxygen atoms in total. The van der Waals surface area contributed by atoms with Crippen molar-refractivity contribution in [3.63, 3.8) is 0 Å². The molecule has 0 saturated carbocycles. The molecule has 1 aliphatic carbocycles. The second-order valence-electron chi connectivity index (χ2n) is 7.13. The lowest BCUT2D eigenvalue weighted by Gasteiger charge is -2.16. The van der Waals surface area contributed by atoms with Crippen LogP contribution in [0.5, 0.6) is 0 Å². The summed E-state index contributed by atoms with van der Waals surface area (Å²) in [6.07, 6.45) is 0. The average Bonchev–Trinajstić information content (AvgIpc) is 2.96. The minimum absolute atomic E-state index is 0.0432. The van der Waals surface area contributed by atoms with Crippen LogP contribution in [0.1, 0.15) is 37.6 Å². The Balaban J connectivity index is 1.94. The van der Waals surface area contributed by atoms with E-state index in [9.17, 15) is 9.59 Å². The van der Waals surface area contributed by atoms with Crippen LogP contribution >= 0.6 is 0 Å². The number of hydrogen-bond acceptors (Lipinski definition) is 5. The number of hydrogen-bond donors (Lipinski definition) is 1. The summed E-state index contributed by atoms with van der Waals surface area (Å²) in [7, 11) is 1.87. The topological polar surface area (TPSA) is 70.8 Å². The summed E-state index contributed by atoms with van der Waals surface area (Å²) in [5, 5.41) is 10.9. The molecule has 1 N–H and O–H groups in total. The number of aryl methyl sites for hydroxylation is 1. The highest BCUT2D eigenvalue weighted by atomic mass is 16.3. The Morgan fingerprint density at radius 1 is 1.00 bits per heavy atom. The Kier molecular flexibility index (Phi) is 4.21. The lowest BCUT2D eigenvalue weighted by atomic mass is 9.83. The number of ketones is 2. The molecule has 0 spiro atoms. The fourth-order valence-corrected chi connectivity index (χ4v) is 3.85. The van der Waals surface area contributed by atoms with Crippen molar-refractivity contribution in [3.05, 3.63) is 58.3 Å². The van der Waals surface area contributed by atoms with Gasteiger partial charge in [-0.2, -0.15) is 0 Å². The van der Waals surface area contributed by atoms with Crippen LogP contribution in [0.25, 0.3) is 22.1 Å². The lowest BCUT2D eigenvalue weighted by molar-refractivity contribution is 0.0815. The summed E-state index contributed by atoms with van der Waals surface area (Å²) in [5.74, 6) is 0.133. The highest BCUT2D eigenvalue weighted by Gasteiger charge is 2.37. The van der Waals surface area contributed by atoms with E-state index in [0.29, 0.717) is 46.9 Å². The number of carbonyl (C=O) groups is 2. The van der Waals surface area contributed by atoms with Crippen molar-refractivity contribution in [1.82, 2.24) is 4.90 Å². The molecule has 5 heteroatoms. The summed E-state index contributed by atoms with van der Waals surface area (Å²) in [5.41, 5.74) is 3.22. The normalized spacial score (nSPS) is 13.4. The van der Waals surface area contributed by atoms with Crippen molar-refractivity contribution in [3.8, 4) is 11.3 Å². The number of aliphatic hydroxyl groups excluding tert-OH is 1. The molecule has 0 radical (unpaired) electrons. The quantitative estimate of drug-likeness (QED) is 0.718. The van der Waals surface area contributed by atoms with E-state index in [-0.39, 0.29) is 6.61 Å². The zero-order chi connectivity index (χ0) is 19.3. The van der Waals surface area contributed by atoms with Gasteiger partial charge in [-0.3, -0.25) is 14.5 Å². The molecular weight excluding hydrogens is 342 g/mol. The first kappa shape index (κ1) is 17.6. The van der Waals surface area contributed by atoms with Gasteiger partial charge in [-0.05, 0) is 43.3 Å². The molecule has 0 bridgehead atoms. The molecule has 0 aliphatic heterocycles. The maximum atomic E-state index is 13.0. The maximum absolute atomic E-state index is 13.0. The van der Waals surface area contributed by atoms with Crippen LogP contribution in [-0.2, 0) is 6.54 Å². The first-order valence-corrected chi connectivity index (χ1v) is 8.97. The van der Waals surface area contributed by atoms with E-state index >= 15 is 0 Å². The number of benzene rings is 2. The third-order valence-corrected chi connectivity index (χ3v) is 5.33. The number of aliphatic hydroxyl groups is 1. The maximum Gasteiger partial charge on any atom is 0.237 e. The molecule has 0 unspecified atom stereocenters. The van der Waals surface area contributed by atoms with Crippen LogP contribution in [0.15, 0.2) is 34.7 Å². The third-order valence-electron chi connectivity index (χ3n) is 5.33. The summed E-state index contributed by atoms with van der Waals surface area (Å²) < 4.78 is 6.08. The van der Waals surface area contributed by atoms with Gasteiger partial charge in [0.15, 0.2) is 0 Å². The molecule has 2 aromatic carbocycles. The molecule has 1 heterocycles. The van der Waals surface area contributed by atoms with E-state index in [4.69, 9.17) is 9.52 Å². The fourth-order valence-electron chi connectivity index (χ4n) is 3.85. The van der Waals surface area contributed by atoms with Gasteiger partial charge in [0.1, 0.15) is 11.5 Å². The number of furan rings is 1. The molecule has 1 aromatic heterocycles. The minimum Gasteiger partial charge on any atom is -0.459 e. The van der Waals surface area contributed by atoms with E-state index < -0.39 is 11.6 Å². The minimum atomic E-state index is -0.510. The van der Waals surface area contributed by atoms with E-state index in [0.717, 1.165) is 16.3 Å². The van der Waals surface area contributed by atoms with Crippen molar-refractivity contribution >= 4 is 22.3 Å². The number of fused-ring (bicyclic) bond motifs is 5. The van der Waals surface area contributed by atoms with Crippen LogP contribution in [0.3, 0.4) is 0 Å². The highest BCUT2D eigenvalue weighted by molar-refractivity contribution is 6.54. The van der Waals surface area contributed by atoms with E-state index in [2.05, 4.69) is 0 Å². The van der Waals surface area contributed by atoms with Gasteiger partial charge in [0.25, 0.3) is 0 Å². The van der Waals surface area contributed by atoms with E-state index in [1.165, 1.54) is 0 Å². The number of carbonyl (C=O) groups excluding carboxylic acids is 2. The van der Waals surface area contributed by atoms with E-state index in [1.807, 2.05) is 56.1 Å². The highest BCUT2D eigenvalue weighted by Crippen LogP contribution is 2.41. The molecule has 0 atom stereocenters. The second-order valence-corrected chi connectivity index (χ2v) is 7.13. The van der Waals surface area contributed by atoms with Crippen molar-refractivity contribution in [1.29, 1.82) is 0 Å². The van der Waals surface area contributed by atoms with Crippen molar-refractivity contribution in [2.24, 2.45) is 0 Å². The van der Waals surface area contributed by atoms with Gasteiger partial charge in [-0.15, -0.1) is 0 Å². The van der Waals surface area contributed by atoms with Crippen LogP contribution in [0, 0.1) is 13.8 Å². The molecule has 0 fully saturated rings. The van der Waals surface area contributed by atoms with Crippen molar-refractivity contribution < 1.29 is 19.1 Å². The predicted octanol–water partition coefficient (Wildman–Crippen LogP) is 3.52. The summed E-state index contributed by atoms with van der Waals surface area (Å²) in [6.45, 7) is 4.80. The molecule has 27 heavy (non-hydrogen) atoms. The Morgan fingerprint density at radius 3 is 2.48 bits per heavy atom. The van der Waals surface area contributed by atoms with Gasteiger partial charge in [0, 0.05) is 23.2 Å². The van der Waals surface area contributed by atoms with Gasteiger partial charge < -0.3 is 9.52 Å². The van der Waals surface area contributed by atoms with Crippen LogP contribution < -0.4 is 0 Å². The zero-order valence-corrected chi connectivity index (χ0v) is 15.6.